The van der Waals surface area contributed by atoms with Crippen LogP contribution in [0.15, 0.2) is 22.7 Å². The van der Waals surface area contributed by atoms with Crippen molar-refractivity contribution in [3.8, 4) is 0 Å². The lowest BCUT2D eigenvalue weighted by Crippen LogP contribution is -2.30. The van der Waals surface area contributed by atoms with Crippen LogP contribution < -0.4 is 5.32 Å². The second kappa shape index (κ2) is 6.50. The third-order valence-electron chi connectivity index (χ3n) is 2.78. The van der Waals surface area contributed by atoms with Gasteiger partial charge in [0.05, 0.1) is 0 Å². The van der Waals surface area contributed by atoms with E-state index in [0.29, 0.717) is 12.0 Å². The van der Waals surface area contributed by atoms with Crippen molar-refractivity contribution in [3.05, 3.63) is 34.1 Å². The molecular formula is C14H21BrFN. The molecule has 2 atom stereocenters. The van der Waals surface area contributed by atoms with E-state index in [2.05, 4.69) is 42.0 Å². The summed E-state index contributed by atoms with van der Waals surface area (Å²) in [6, 6.07) is 5.49. The molecule has 0 aliphatic rings. The Morgan fingerprint density at radius 3 is 2.47 bits per heavy atom. The summed E-state index contributed by atoms with van der Waals surface area (Å²) >= 11 is 3.38. The quantitative estimate of drug-likeness (QED) is 0.833. The topological polar surface area (TPSA) is 12.0 Å². The summed E-state index contributed by atoms with van der Waals surface area (Å²) in [5, 5.41) is 3.43. The van der Waals surface area contributed by atoms with Crippen molar-refractivity contribution >= 4 is 15.9 Å². The Balaban J connectivity index is 2.69. The lowest BCUT2D eigenvalue weighted by molar-refractivity contribution is 0.400. The van der Waals surface area contributed by atoms with Gasteiger partial charge in [-0.2, -0.15) is 0 Å². The van der Waals surface area contributed by atoms with Crippen LogP contribution >= 0.6 is 15.9 Å². The van der Waals surface area contributed by atoms with Gasteiger partial charge in [0.1, 0.15) is 5.82 Å². The predicted molar refractivity (Wildman–Crippen MR) is 74.6 cm³/mol. The highest BCUT2D eigenvalue weighted by Crippen LogP contribution is 2.22. The smallest absolute Gasteiger partial charge is 0.128 e. The lowest BCUT2D eigenvalue weighted by atomic mass is 10.0. The van der Waals surface area contributed by atoms with Gasteiger partial charge in [0.15, 0.2) is 0 Å². The molecule has 1 nitrogen and oxygen atoms in total. The maximum absolute atomic E-state index is 13.7. The van der Waals surface area contributed by atoms with Crippen LogP contribution in [0.2, 0.25) is 0 Å². The molecule has 96 valence electrons. The minimum Gasteiger partial charge on any atom is -0.308 e. The van der Waals surface area contributed by atoms with Gasteiger partial charge in [0, 0.05) is 22.1 Å². The Kier molecular flexibility index (Phi) is 5.60. The average molecular weight is 302 g/mol. The summed E-state index contributed by atoms with van der Waals surface area (Å²) in [4.78, 5) is 0. The SMILES string of the molecule is CC(C)CC(C)NC(C)c1cc(Br)ccc1F. The monoisotopic (exact) mass is 301 g/mol. The van der Waals surface area contributed by atoms with Crippen molar-refractivity contribution in [2.75, 3.05) is 0 Å². The standard InChI is InChI=1S/C14H21BrFN/c1-9(2)7-10(3)17-11(4)13-8-12(15)5-6-14(13)16/h5-6,8-11,17H,7H2,1-4H3. The normalized spacial score (nSPS) is 15.0. The second-order valence-electron chi connectivity index (χ2n) is 5.08. The molecule has 0 saturated heterocycles. The van der Waals surface area contributed by atoms with Gasteiger partial charge in [-0.3, -0.25) is 0 Å². The summed E-state index contributed by atoms with van der Waals surface area (Å²) in [7, 11) is 0. The molecule has 1 rings (SSSR count). The minimum atomic E-state index is -0.148. The van der Waals surface area contributed by atoms with Gasteiger partial charge < -0.3 is 5.32 Å². The summed E-state index contributed by atoms with van der Waals surface area (Å²) in [6.45, 7) is 8.54. The molecule has 1 N–H and O–H groups in total. The molecule has 0 spiro atoms. The van der Waals surface area contributed by atoms with Crippen molar-refractivity contribution in [2.45, 2.75) is 46.2 Å². The highest BCUT2D eigenvalue weighted by atomic mass is 79.9. The zero-order valence-corrected chi connectivity index (χ0v) is 12.5. The summed E-state index contributed by atoms with van der Waals surface area (Å²) in [5.74, 6) is 0.502. The first kappa shape index (κ1) is 14.7. The van der Waals surface area contributed by atoms with Gasteiger partial charge in [-0.25, -0.2) is 4.39 Å². The molecule has 0 aromatic heterocycles. The van der Waals surface area contributed by atoms with Crippen LogP contribution in [0.4, 0.5) is 4.39 Å². The van der Waals surface area contributed by atoms with E-state index in [-0.39, 0.29) is 11.9 Å². The Hall–Kier alpha value is -0.410. The minimum absolute atomic E-state index is 0.0289. The molecule has 0 saturated carbocycles. The van der Waals surface area contributed by atoms with E-state index in [9.17, 15) is 4.39 Å². The predicted octanol–water partition coefficient (Wildman–Crippen LogP) is 4.67. The molecule has 2 unspecified atom stereocenters. The fourth-order valence-corrected chi connectivity index (χ4v) is 2.52. The number of hydrogen-bond acceptors (Lipinski definition) is 1. The largest absolute Gasteiger partial charge is 0.308 e. The fourth-order valence-electron chi connectivity index (χ4n) is 2.14. The molecule has 1 aromatic rings. The number of rotatable bonds is 5. The maximum Gasteiger partial charge on any atom is 0.128 e. The lowest BCUT2D eigenvalue weighted by Gasteiger charge is -2.22. The van der Waals surface area contributed by atoms with Crippen molar-refractivity contribution in [1.82, 2.24) is 5.32 Å². The Labute approximate surface area is 112 Å². The third-order valence-corrected chi connectivity index (χ3v) is 3.28. The van der Waals surface area contributed by atoms with E-state index < -0.39 is 0 Å². The number of benzene rings is 1. The van der Waals surface area contributed by atoms with E-state index in [1.54, 1.807) is 6.07 Å². The van der Waals surface area contributed by atoms with E-state index in [4.69, 9.17) is 0 Å². The molecule has 1 aromatic carbocycles. The first-order chi connectivity index (χ1) is 7.90. The van der Waals surface area contributed by atoms with Crippen LogP contribution in [-0.4, -0.2) is 6.04 Å². The van der Waals surface area contributed by atoms with E-state index in [0.717, 1.165) is 16.5 Å². The van der Waals surface area contributed by atoms with Crippen LogP contribution in [0.25, 0.3) is 0 Å². The highest BCUT2D eigenvalue weighted by molar-refractivity contribution is 9.10. The van der Waals surface area contributed by atoms with Crippen molar-refractivity contribution in [2.24, 2.45) is 5.92 Å². The van der Waals surface area contributed by atoms with Gasteiger partial charge in [-0.1, -0.05) is 29.8 Å². The summed E-state index contributed by atoms with van der Waals surface area (Å²) < 4.78 is 14.6. The zero-order valence-electron chi connectivity index (χ0n) is 10.9. The van der Waals surface area contributed by atoms with Gasteiger partial charge in [-0.05, 0) is 44.4 Å². The molecule has 0 bridgehead atoms. The molecule has 0 aliphatic carbocycles. The van der Waals surface area contributed by atoms with Gasteiger partial charge in [0.25, 0.3) is 0 Å². The number of hydrogen-bond donors (Lipinski definition) is 1. The number of nitrogens with one attached hydrogen (secondary N) is 1. The van der Waals surface area contributed by atoms with Crippen LogP contribution in [0.1, 0.15) is 45.7 Å². The third kappa shape index (κ3) is 4.76. The van der Waals surface area contributed by atoms with Crippen molar-refractivity contribution in [3.63, 3.8) is 0 Å². The molecule has 3 heteroatoms. The summed E-state index contributed by atoms with van der Waals surface area (Å²) in [6.07, 6.45) is 1.10. The molecule has 0 amide bonds. The Morgan fingerprint density at radius 2 is 1.88 bits per heavy atom. The van der Waals surface area contributed by atoms with Gasteiger partial charge in [0.2, 0.25) is 0 Å². The highest BCUT2D eigenvalue weighted by Gasteiger charge is 2.14. The molecule has 17 heavy (non-hydrogen) atoms. The van der Waals surface area contributed by atoms with Crippen molar-refractivity contribution in [1.29, 1.82) is 0 Å². The van der Waals surface area contributed by atoms with Crippen LogP contribution in [-0.2, 0) is 0 Å². The Bertz CT molecular complexity index is 365. The van der Waals surface area contributed by atoms with Gasteiger partial charge >= 0.3 is 0 Å². The molecule has 0 aliphatic heterocycles. The second-order valence-corrected chi connectivity index (χ2v) is 6.00. The first-order valence-corrected chi connectivity index (χ1v) is 6.90. The van der Waals surface area contributed by atoms with E-state index in [1.807, 2.05) is 13.0 Å². The molecule has 0 radical (unpaired) electrons. The average Bonchev–Trinajstić information content (AvgIpc) is 2.20. The van der Waals surface area contributed by atoms with Crippen LogP contribution in [0.3, 0.4) is 0 Å². The number of halogens is 2. The fraction of sp³-hybridized carbons (Fsp3) is 0.571. The van der Waals surface area contributed by atoms with E-state index in [1.165, 1.54) is 6.07 Å². The molecular weight excluding hydrogens is 281 g/mol. The van der Waals surface area contributed by atoms with Gasteiger partial charge in [-0.15, -0.1) is 0 Å². The Morgan fingerprint density at radius 1 is 1.24 bits per heavy atom. The molecule has 0 fully saturated rings. The maximum atomic E-state index is 13.7. The molecule has 0 heterocycles. The van der Waals surface area contributed by atoms with Crippen LogP contribution in [0.5, 0.6) is 0 Å². The zero-order chi connectivity index (χ0) is 13.0. The van der Waals surface area contributed by atoms with Crippen LogP contribution in [0, 0.1) is 11.7 Å². The van der Waals surface area contributed by atoms with Crippen molar-refractivity contribution < 1.29 is 4.39 Å². The first-order valence-electron chi connectivity index (χ1n) is 6.11. The summed E-state index contributed by atoms with van der Waals surface area (Å²) in [5.41, 5.74) is 0.718. The van der Waals surface area contributed by atoms with E-state index >= 15 is 0 Å².